The fourth-order valence-corrected chi connectivity index (χ4v) is 3.70. The zero-order valence-corrected chi connectivity index (χ0v) is 17.1. The number of amides is 1. The minimum Gasteiger partial charge on any atom is -0.368 e. The highest BCUT2D eigenvalue weighted by Gasteiger charge is 2.22. The van der Waals surface area contributed by atoms with Crippen molar-refractivity contribution in [2.45, 2.75) is 31.9 Å². The average molecular weight is 414 g/mol. The van der Waals surface area contributed by atoms with Crippen LogP contribution < -0.4 is 5.32 Å². The molecule has 152 valence electrons. The normalized spacial score (nSPS) is 16.7. The van der Waals surface area contributed by atoms with Gasteiger partial charge in [0.2, 0.25) is 5.91 Å². The second-order valence-electron chi connectivity index (χ2n) is 7.14. The number of carbonyl (C=O) groups excluding carboxylic acids is 1. The summed E-state index contributed by atoms with van der Waals surface area (Å²) in [7, 11) is 1.95. The molecule has 1 saturated heterocycles. The van der Waals surface area contributed by atoms with E-state index in [0.29, 0.717) is 24.7 Å². The first-order chi connectivity index (χ1) is 14.1. The van der Waals surface area contributed by atoms with E-state index in [4.69, 9.17) is 16.3 Å². The smallest absolute Gasteiger partial charge is 0.249 e. The summed E-state index contributed by atoms with van der Waals surface area (Å²) in [5, 5.41) is 8.23. The molecule has 0 bridgehead atoms. The number of carbonyl (C=O) groups is 1. The van der Waals surface area contributed by atoms with Crippen LogP contribution in [0.2, 0.25) is 5.02 Å². The van der Waals surface area contributed by atoms with Crippen molar-refractivity contribution in [3.05, 3.63) is 47.9 Å². The summed E-state index contributed by atoms with van der Waals surface area (Å²) in [4.78, 5) is 16.8. The Morgan fingerprint density at radius 1 is 1.31 bits per heavy atom. The Morgan fingerprint density at radius 3 is 2.83 bits per heavy atom. The number of benzene rings is 1. The summed E-state index contributed by atoms with van der Waals surface area (Å²) in [6, 6.07) is 7.66. The summed E-state index contributed by atoms with van der Waals surface area (Å²) < 4.78 is 9.40. The highest BCUT2D eigenvalue weighted by molar-refractivity contribution is 6.30. The summed E-state index contributed by atoms with van der Waals surface area (Å²) in [5.41, 5.74) is 2.89. The van der Waals surface area contributed by atoms with Crippen molar-refractivity contribution in [3.8, 4) is 22.6 Å². The average Bonchev–Trinajstić information content (AvgIpc) is 3.35. The molecule has 1 atom stereocenters. The van der Waals surface area contributed by atoms with E-state index in [0.717, 1.165) is 41.9 Å². The van der Waals surface area contributed by atoms with Gasteiger partial charge in [0.1, 0.15) is 11.8 Å². The number of imidazole rings is 1. The van der Waals surface area contributed by atoms with Gasteiger partial charge in [-0.05, 0) is 37.0 Å². The first kappa shape index (κ1) is 19.7. The molecule has 2 aromatic heterocycles. The zero-order valence-electron chi connectivity index (χ0n) is 16.3. The number of aryl methyl sites for hydroxylation is 1. The summed E-state index contributed by atoms with van der Waals surface area (Å²) in [6.07, 6.45) is 8.01. The van der Waals surface area contributed by atoms with Crippen molar-refractivity contribution in [3.63, 3.8) is 0 Å². The number of rotatable bonds is 6. The number of hydrogen-bond donors (Lipinski definition) is 1. The lowest BCUT2D eigenvalue weighted by atomic mass is 10.1. The van der Waals surface area contributed by atoms with Crippen molar-refractivity contribution in [1.29, 1.82) is 0 Å². The molecule has 3 aromatic rings. The molecule has 1 aliphatic rings. The standard InChI is InChI=1S/C21H24ClN5O2/c1-26-11-9-23-20(26)19-17(15-5-7-16(22)8-6-15)14-25-27(19)12-10-24-21(28)18-4-2-3-13-29-18/h5-9,11,14,18H,2-4,10,12-13H2,1H3,(H,24,28)/t18-/m0/s1. The molecule has 8 heteroatoms. The number of hydrogen-bond acceptors (Lipinski definition) is 4. The fraction of sp³-hybridized carbons (Fsp3) is 0.381. The predicted octanol–water partition coefficient (Wildman–Crippen LogP) is 3.29. The molecule has 1 aromatic carbocycles. The molecule has 0 radical (unpaired) electrons. The van der Waals surface area contributed by atoms with Gasteiger partial charge < -0.3 is 14.6 Å². The molecule has 1 aliphatic heterocycles. The second kappa shape index (κ2) is 8.80. The number of ether oxygens (including phenoxy) is 1. The third kappa shape index (κ3) is 4.36. The van der Waals surface area contributed by atoms with Gasteiger partial charge in [-0.2, -0.15) is 5.10 Å². The largest absolute Gasteiger partial charge is 0.368 e. The Balaban J connectivity index is 1.54. The van der Waals surface area contributed by atoms with Crippen molar-refractivity contribution in [1.82, 2.24) is 24.6 Å². The van der Waals surface area contributed by atoms with Crippen LogP contribution in [0, 0.1) is 0 Å². The molecule has 3 heterocycles. The molecule has 29 heavy (non-hydrogen) atoms. The molecule has 7 nitrogen and oxygen atoms in total. The molecule has 0 saturated carbocycles. The lowest BCUT2D eigenvalue weighted by molar-refractivity contribution is -0.135. The minimum absolute atomic E-state index is 0.0478. The maximum atomic E-state index is 12.3. The van der Waals surface area contributed by atoms with E-state index in [2.05, 4.69) is 15.4 Å². The number of nitrogens with zero attached hydrogens (tertiary/aromatic N) is 4. The van der Waals surface area contributed by atoms with Crippen LogP contribution in [0.5, 0.6) is 0 Å². The first-order valence-electron chi connectivity index (χ1n) is 9.82. The quantitative estimate of drug-likeness (QED) is 0.673. The molecular weight excluding hydrogens is 390 g/mol. The van der Waals surface area contributed by atoms with E-state index >= 15 is 0 Å². The molecule has 0 aliphatic carbocycles. The third-order valence-corrected chi connectivity index (χ3v) is 5.37. The van der Waals surface area contributed by atoms with Crippen molar-refractivity contribution >= 4 is 17.5 Å². The van der Waals surface area contributed by atoms with E-state index in [-0.39, 0.29) is 12.0 Å². The monoisotopic (exact) mass is 413 g/mol. The third-order valence-electron chi connectivity index (χ3n) is 5.12. The van der Waals surface area contributed by atoms with Crippen molar-refractivity contribution in [2.24, 2.45) is 7.05 Å². The van der Waals surface area contributed by atoms with Crippen LogP contribution in [0.25, 0.3) is 22.6 Å². The van der Waals surface area contributed by atoms with Crippen LogP contribution in [0.1, 0.15) is 19.3 Å². The van der Waals surface area contributed by atoms with E-state index in [9.17, 15) is 4.79 Å². The van der Waals surface area contributed by atoms with Crippen LogP contribution in [0.4, 0.5) is 0 Å². The fourth-order valence-electron chi connectivity index (χ4n) is 3.57. The maximum absolute atomic E-state index is 12.3. The van der Waals surface area contributed by atoms with Crippen LogP contribution >= 0.6 is 11.6 Å². The maximum Gasteiger partial charge on any atom is 0.249 e. The van der Waals surface area contributed by atoms with Crippen LogP contribution in [-0.2, 0) is 23.1 Å². The number of nitrogens with one attached hydrogen (secondary N) is 1. The molecule has 0 unspecified atom stereocenters. The Kier molecular flexibility index (Phi) is 5.97. The van der Waals surface area contributed by atoms with Gasteiger partial charge in [0, 0.05) is 43.2 Å². The summed E-state index contributed by atoms with van der Waals surface area (Å²) in [5.74, 6) is 0.766. The number of aromatic nitrogens is 4. The van der Waals surface area contributed by atoms with Gasteiger partial charge in [-0.1, -0.05) is 23.7 Å². The molecule has 0 spiro atoms. The second-order valence-corrected chi connectivity index (χ2v) is 7.58. The van der Waals surface area contributed by atoms with E-state index < -0.39 is 0 Å². The number of halogens is 1. The molecule has 4 rings (SSSR count). The Labute approximate surface area is 174 Å². The zero-order chi connectivity index (χ0) is 20.2. The van der Waals surface area contributed by atoms with E-state index in [1.807, 2.05) is 53.0 Å². The van der Waals surface area contributed by atoms with E-state index in [1.54, 1.807) is 6.20 Å². The van der Waals surface area contributed by atoms with Gasteiger partial charge in [-0.3, -0.25) is 9.48 Å². The lowest BCUT2D eigenvalue weighted by Gasteiger charge is -2.21. The lowest BCUT2D eigenvalue weighted by Crippen LogP contribution is -2.39. The summed E-state index contributed by atoms with van der Waals surface area (Å²) >= 11 is 6.04. The first-order valence-corrected chi connectivity index (χ1v) is 10.2. The molecular formula is C21H24ClN5O2. The predicted molar refractivity (Wildman–Crippen MR) is 111 cm³/mol. The highest BCUT2D eigenvalue weighted by Crippen LogP contribution is 2.31. The Hall–Kier alpha value is -2.64. The van der Waals surface area contributed by atoms with Gasteiger partial charge in [0.25, 0.3) is 0 Å². The van der Waals surface area contributed by atoms with Crippen molar-refractivity contribution < 1.29 is 9.53 Å². The van der Waals surface area contributed by atoms with Crippen LogP contribution in [0.3, 0.4) is 0 Å². The van der Waals surface area contributed by atoms with Gasteiger partial charge in [-0.15, -0.1) is 0 Å². The highest BCUT2D eigenvalue weighted by atomic mass is 35.5. The Bertz CT molecular complexity index is 973. The van der Waals surface area contributed by atoms with Crippen molar-refractivity contribution in [2.75, 3.05) is 13.2 Å². The van der Waals surface area contributed by atoms with Gasteiger partial charge in [-0.25, -0.2) is 4.98 Å². The Morgan fingerprint density at radius 2 is 2.14 bits per heavy atom. The van der Waals surface area contributed by atoms with Gasteiger partial charge >= 0.3 is 0 Å². The van der Waals surface area contributed by atoms with E-state index in [1.165, 1.54) is 0 Å². The van der Waals surface area contributed by atoms with Gasteiger partial charge in [0.15, 0.2) is 5.82 Å². The topological polar surface area (TPSA) is 74.0 Å². The summed E-state index contributed by atoms with van der Waals surface area (Å²) in [6.45, 7) is 1.66. The SMILES string of the molecule is Cn1ccnc1-c1c(-c2ccc(Cl)cc2)cnn1CCNC(=O)[C@@H]1CCCCO1. The van der Waals surface area contributed by atoms with Gasteiger partial charge in [0.05, 0.1) is 12.7 Å². The minimum atomic E-state index is -0.333. The van der Waals surface area contributed by atoms with Crippen LogP contribution in [0.15, 0.2) is 42.9 Å². The molecule has 1 amide bonds. The van der Waals surface area contributed by atoms with Crippen LogP contribution in [-0.4, -0.2) is 44.5 Å². The molecule has 1 fully saturated rings. The molecule has 1 N–H and O–H groups in total.